The van der Waals surface area contributed by atoms with Gasteiger partial charge >= 0.3 is 12.1 Å². The Bertz CT molecular complexity index is 266. The smallest absolute Gasteiger partial charge is 0.338 e. The lowest BCUT2D eigenvalue weighted by Crippen LogP contribution is -2.47. The fourth-order valence-electron chi connectivity index (χ4n) is 1.08. The third kappa shape index (κ3) is 5.34. The second kappa shape index (κ2) is 6.08. The molecule has 1 atom stereocenters. The molecule has 0 rings (SSSR count). The number of amides is 1. The summed E-state index contributed by atoms with van der Waals surface area (Å²) in [5, 5.41) is 1.64. The van der Waals surface area contributed by atoms with Crippen LogP contribution >= 0.6 is 11.6 Å². The van der Waals surface area contributed by atoms with Crippen LogP contribution in [0.2, 0.25) is 0 Å². The lowest BCUT2D eigenvalue weighted by molar-refractivity contribution is -0.174. The quantitative estimate of drug-likeness (QED) is 0.767. The molecule has 0 radical (unpaired) electrons. The van der Waals surface area contributed by atoms with Gasteiger partial charge in [-0.05, 0) is 12.3 Å². The minimum absolute atomic E-state index is 0.0225. The topological polar surface area (TPSA) is 46.2 Å². The van der Waals surface area contributed by atoms with Gasteiger partial charge in [0.1, 0.15) is 0 Å². The van der Waals surface area contributed by atoms with E-state index in [9.17, 15) is 22.8 Å². The van der Waals surface area contributed by atoms with Crippen molar-refractivity contribution in [1.82, 2.24) is 5.32 Å². The van der Waals surface area contributed by atoms with Crippen molar-refractivity contribution in [1.29, 1.82) is 0 Å². The second-order valence-electron chi connectivity index (χ2n) is 3.75. The van der Waals surface area contributed by atoms with Crippen LogP contribution in [0.25, 0.3) is 0 Å². The van der Waals surface area contributed by atoms with E-state index in [1.807, 2.05) is 0 Å². The van der Waals surface area contributed by atoms with E-state index in [0.717, 1.165) is 0 Å². The summed E-state index contributed by atoms with van der Waals surface area (Å²) in [6.45, 7) is 3.46. The Labute approximate surface area is 96.3 Å². The standard InChI is InChI=1S/C9H13ClF3NO2/c1-5(2)3-6(7(15)4-10)14-8(16)9(11,12)13/h5-6H,3-4H2,1-2H3,(H,14,16). The van der Waals surface area contributed by atoms with Crippen molar-refractivity contribution >= 4 is 23.3 Å². The van der Waals surface area contributed by atoms with Crippen LogP contribution in [0.5, 0.6) is 0 Å². The molecule has 1 N–H and O–H groups in total. The van der Waals surface area contributed by atoms with Gasteiger partial charge in [-0.1, -0.05) is 13.8 Å². The molecule has 0 saturated carbocycles. The minimum Gasteiger partial charge on any atom is -0.338 e. The Morgan fingerprint density at radius 1 is 1.31 bits per heavy atom. The van der Waals surface area contributed by atoms with E-state index in [1.165, 1.54) is 0 Å². The summed E-state index contributed by atoms with van der Waals surface area (Å²) >= 11 is 5.25. The Hall–Kier alpha value is -0.780. The summed E-state index contributed by atoms with van der Waals surface area (Å²) in [6.07, 6.45) is -4.85. The maximum atomic E-state index is 12.0. The highest BCUT2D eigenvalue weighted by Gasteiger charge is 2.40. The van der Waals surface area contributed by atoms with E-state index in [-0.39, 0.29) is 12.3 Å². The first-order valence-electron chi connectivity index (χ1n) is 4.64. The number of alkyl halides is 4. The highest BCUT2D eigenvalue weighted by Crippen LogP contribution is 2.16. The molecule has 0 aliphatic heterocycles. The Morgan fingerprint density at radius 2 is 1.81 bits per heavy atom. The van der Waals surface area contributed by atoms with E-state index in [1.54, 1.807) is 19.2 Å². The zero-order valence-corrected chi connectivity index (χ0v) is 9.65. The number of ketones is 1. The van der Waals surface area contributed by atoms with Gasteiger partial charge in [0, 0.05) is 0 Å². The molecule has 1 unspecified atom stereocenters. The van der Waals surface area contributed by atoms with E-state index in [4.69, 9.17) is 11.6 Å². The summed E-state index contributed by atoms with van der Waals surface area (Å²) in [4.78, 5) is 21.8. The predicted molar refractivity (Wildman–Crippen MR) is 53.2 cm³/mol. The third-order valence-electron chi connectivity index (χ3n) is 1.79. The van der Waals surface area contributed by atoms with Gasteiger partial charge in [-0.2, -0.15) is 13.2 Å². The van der Waals surface area contributed by atoms with Gasteiger partial charge in [0.2, 0.25) is 0 Å². The molecule has 0 heterocycles. The summed E-state index contributed by atoms with van der Waals surface area (Å²) in [5.74, 6) is -3.18. The van der Waals surface area contributed by atoms with E-state index in [0.29, 0.717) is 0 Å². The molecule has 0 saturated heterocycles. The molecule has 7 heteroatoms. The summed E-state index contributed by atoms with van der Waals surface area (Å²) in [5.41, 5.74) is 0. The van der Waals surface area contributed by atoms with E-state index in [2.05, 4.69) is 0 Å². The molecule has 1 amide bonds. The first kappa shape index (κ1) is 15.2. The van der Waals surface area contributed by atoms with Crippen molar-refractivity contribution in [2.45, 2.75) is 32.5 Å². The Balaban J connectivity index is 4.55. The molecular formula is C9H13ClF3NO2. The van der Waals surface area contributed by atoms with Crippen molar-refractivity contribution in [2.24, 2.45) is 5.92 Å². The highest BCUT2D eigenvalue weighted by atomic mass is 35.5. The summed E-state index contributed by atoms with van der Waals surface area (Å²) < 4.78 is 35.9. The Kier molecular flexibility index (Phi) is 5.78. The highest BCUT2D eigenvalue weighted by molar-refractivity contribution is 6.28. The largest absolute Gasteiger partial charge is 0.471 e. The normalized spacial score (nSPS) is 13.7. The van der Waals surface area contributed by atoms with Crippen LogP contribution in [0.4, 0.5) is 13.2 Å². The lowest BCUT2D eigenvalue weighted by Gasteiger charge is -2.19. The molecular weight excluding hydrogens is 247 g/mol. The van der Waals surface area contributed by atoms with Gasteiger partial charge in [0.25, 0.3) is 0 Å². The number of Topliss-reactive ketones (excluding diaryl/α,β-unsaturated/α-hetero) is 1. The van der Waals surface area contributed by atoms with Crippen LogP contribution in [0.1, 0.15) is 20.3 Å². The number of nitrogens with one attached hydrogen (secondary N) is 1. The number of carbonyl (C=O) groups excluding carboxylic acids is 2. The zero-order chi connectivity index (χ0) is 12.9. The van der Waals surface area contributed by atoms with Crippen molar-refractivity contribution < 1.29 is 22.8 Å². The van der Waals surface area contributed by atoms with Gasteiger partial charge < -0.3 is 5.32 Å². The molecule has 0 spiro atoms. The average Bonchev–Trinajstić information content (AvgIpc) is 2.13. The Morgan fingerprint density at radius 3 is 2.12 bits per heavy atom. The maximum Gasteiger partial charge on any atom is 0.471 e. The van der Waals surface area contributed by atoms with Gasteiger partial charge in [0.05, 0.1) is 11.9 Å². The zero-order valence-electron chi connectivity index (χ0n) is 8.90. The monoisotopic (exact) mass is 259 g/mol. The molecule has 0 aliphatic carbocycles. The molecule has 0 bridgehead atoms. The molecule has 0 aromatic heterocycles. The molecule has 0 aliphatic rings. The maximum absolute atomic E-state index is 12.0. The van der Waals surface area contributed by atoms with Gasteiger partial charge in [-0.15, -0.1) is 11.6 Å². The molecule has 16 heavy (non-hydrogen) atoms. The predicted octanol–water partition coefficient (Wildman–Crippen LogP) is 1.89. The molecule has 0 fully saturated rings. The average molecular weight is 260 g/mol. The molecule has 3 nitrogen and oxygen atoms in total. The van der Waals surface area contributed by atoms with Crippen LogP contribution in [-0.2, 0) is 9.59 Å². The van der Waals surface area contributed by atoms with Crippen LogP contribution in [-0.4, -0.2) is 29.8 Å². The number of halogens is 4. The number of carbonyl (C=O) groups is 2. The van der Waals surface area contributed by atoms with Gasteiger partial charge in [-0.25, -0.2) is 0 Å². The minimum atomic E-state index is -4.98. The lowest BCUT2D eigenvalue weighted by atomic mass is 10.0. The van der Waals surface area contributed by atoms with Crippen molar-refractivity contribution in [2.75, 3.05) is 5.88 Å². The van der Waals surface area contributed by atoms with E-state index >= 15 is 0 Å². The number of rotatable bonds is 5. The molecule has 0 aromatic rings. The van der Waals surface area contributed by atoms with Crippen molar-refractivity contribution in [3.05, 3.63) is 0 Å². The van der Waals surface area contributed by atoms with Gasteiger partial charge in [0.15, 0.2) is 5.78 Å². The third-order valence-corrected chi connectivity index (χ3v) is 2.05. The van der Waals surface area contributed by atoms with Gasteiger partial charge in [-0.3, -0.25) is 9.59 Å². The van der Waals surface area contributed by atoms with Crippen molar-refractivity contribution in [3.8, 4) is 0 Å². The van der Waals surface area contributed by atoms with Crippen molar-refractivity contribution in [3.63, 3.8) is 0 Å². The molecule has 0 aromatic carbocycles. The number of hydrogen-bond donors (Lipinski definition) is 1. The fraction of sp³-hybridized carbons (Fsp3) is 0.778. The summed E-state index contributed by atoms with van der Waals surface area (Å²) in [6, 6.07) is -1.17. The number of hydrogen-bond acceptors (Lipinski definition) is 2. The fourth-order valence-corrected chi connectivity index (χ4v) is 1.26. The molecule has 94 valence electrons. The van der Waals surface area contributed by atoms with Crippen LogP contribution in [0.3, 0.4) is 0 Å². The van der Waals surface area contributed by atoms with E-state index < -0.39 is 29.8 Å². The van der Waals surface area contributed by atoms with Crippen LogP contribution < -0.4 is 5.32 Å². The van der Waals surface area contributed by atoms with Crippen LogP contribution in [0.15, 0.2) is 0 Å². The first-order chi connectivity index (χ1) is 7.18. The SMILES string of the molecule is CC(C)CC(NC(=O)C(F)(F)F)C(=O)CCl. The van der Waals surface area contributed by atoms with Crippen LogP contribution in [0, 0.1) is 5.92 Å². The second-order valence-corrected chi connectivity index (χ2v) is 4.02. The first-order valence-corrected chi connectivity index (χ1v) is 5.18. The summed E-state index contributed by atoms with van der Waals surface area (Å²) in [7, 11) is 0.